The summed E-state index contributed by atoms with van der Waals surface area (Å²) in [7, 11) is 0. The van der Waals surface area contributed by atoms with E-state index in [0.29, 0.717) is 17.8 Å². The number of aromatic nitrogens is 1. The van der Waals surface area contributed by atoms with E-state index in [0.717, 1.165) is 15.8 Å². The van der Waals surface area contributed by atoms with Crippen LogP contribution in [-0.2, 0) is 13.1 Å². The van der Waals surface area contributed by atoms with Crippen LogP contribution in [0.5, 0.6) is 0 Å². The third-order valence-electron chi connectivity index (χ3n) is 4.80. The fourth-order valence-corrected chi connectivity index (χ4v) is 4.27. The van der Waals surface area contributed by atoms with Crippen molar-refractivity contribution >= 4 is 27.5 Å². The molecular formula is C23H21FN2OS. The summed E-state index contributed by atoms with van der Waals surface area (Å²) in [6.07, 6.45) is 0. The van der Waals surface area contributed by atoms with Crippen molar-refractivity contribution in [2.75, 3.05) is 0 Å². The molecule has 2 aromatic heterocycles. The lowest BCUT2D eigenvalue weighted by Gasteiger charge is -2.12. The van der Waals surface area contributed by atoms with Gasteiger partial charge in [-0.2, -0.15) is 0 Å². The molecule has 1 N–H and O–H groups in total. The average molecular weight is 392 g/mol. The number of thiophene rings is 1. The van der Waals surface area contributed by atoms with Crippen LogP contribution in [0.1, 0.15) is 32.1 Å². The number of benzene rings is 2. The first-order valence-electron chi connectivity index (χ1n) is 9.18. The van der Waals surface area contributed by atoms with Crippen LogP contribution >= 0.6 is 11.3 Å². The van der Waals surface area contributed by atoms with Crippen LogP contribution in [0.3, 0.4) is 0 Å². The molecule has 0 saturated carbocycles. The molecule has 28 heavy (non-hydrogen) atoms. The number of halogens is 1. The fraction of sp³-hybridized carbons (Fsp3) is 0.174. The van der Waals surface area contributed by atoms with Crippen LogP contribution < -0.4 is 5.32 Å². The maximum Gasteiger partial charge on any atom is 0.268 e. The number of aryl methyl sites for hydroxylation is 2. The Labute approximate surface area is 167 Å². The number of hydrogen-bond acceptors (Lipinski definition) is 2. The number of nitrogens with one attached hydrogen (secondary N) is 1. The molecule has 0 aliphatic carbocycles. The van der Waals surface area contributed by atoms with Crippen molar-refractivity contribution in [3.05, 3.63) is 93.7 Å². The van der Waals surface area contributed by atoms with E-state index in [-0.39, 0.29) is 18.3 Å². The highest BCUT2D eigenvalue weighted by atomic mass is 32.1. The van der Waals surface area contributed by atoms with Gasteiger partial charge >= 0.3 is 0 Å². The van der Waals surface area contributed by atoms with Gasteiger partial charge in [0.05, 0.1) is 10.2 Å². The number of carbonyl (C=O) groups excluding carboxylic acids is 1. The van der Waals surface area contributed by atoms with E-state index in [1.807, 2.05) is 10.6 Å². The van der Waals surface area contributed by atoms with Crippen LogP contribution in [0.4, 0.5) is 4.39 Å². The van der Waals surface area contributed by atoms with E-state index < -0.39 is 0 Å². The van der Waals surface area contributed by atoms with E-state index in [9.17, 15) is 9.18 Å². The molecule has 1 amide bonds. The second kappa shape index (κ2) is 7.60. The lowest BCUT2D eigenvalue weighted by Crippen LogP contribution is -2.26. The number of carbonyl (C=O) groups is 1. The third kappa shape index (κ3) is 3.71. The standard InChI is InChI=1S/C23H21FN2OS/c1-15-7-9-17(10-8-15)14-26-20-11-16(2)28-22(20)12-21(26)23(27)25-13-18-5-3-4-6-19(18)24/h3-12H,13-14H2,1-2H3,(H,25,27). The van der Waals surface area contributed by atoms with E-state index in [2.05, 4.69) is 49.5 Å². The highest BCUT2D eigenvalue weighted by Gasteiger charge is 2.18. The van der Waals surface area contributed by atoms with Gasteiger partial charge in [0.1, 0.15) is 11.5 Å². The number of amides is 1. The lowest BCUT2D eigenvalue weighted by atomic mass is 10.1. The van der Waals surface area contributed by atoms with Crippen LogP contribution in [0.2, 0.25) is 0 Å². The molecule has 0 radical (unpaired) electrons. The van der Waals surface area contributed by atoms with Crippen molar-refractivity contribution in [2.45, 2.75) is 26.9 Å². The molecule has 0 saturated heterocycles. The smallest absolute Gasteiger partial charge is 0.268 e. The quantitative estimate of drug-likeness (QED) is 0.482. The Kier molecular flexibility index (Phi) is 5.01. The van der Waals surface area contributed by atoms with Crippen molar-refractivity contribution in [3.8, 4) is 0 Å². The van der Waals surface area contributed by atoms with Gasteiger partial charge < -0.3 is 9.88 Å². The SMILES string of the molecule is Cc1ccc(Cn2c(C(=O)NCc3ccccc3F)cc3sc(C)cc32)cc1. The van der Waals surface area contributed by atoms with Gasteiger partial charge in [-0.1, -0.05) is 48.0 Å². The molecule has 0 spiro atoms. The summed E-state index contributed by atoms with van der Waals surface area (Å²) in [6, 6.07) is 18.9. The first-order chi connectivity index (χ1) is 13.5. The minimum absolute atomic E-state index is 0.161. The van der Waals surface area contributed by atoms with Crippen LogP contribution in [0.25, 0.3) is 10.2 Å². The predicted molar refractivity (Wildman–Crippen MR) is 112 cm³/mol. The van der Waals surface area contributed by atoms with E-state index in [1.165, 1.54) is 16.5 Å². The Bertz CT molecular complexity index is 1140. The number of rotatable bonds is 5. The van der Waals surface area contributed by atoms with Crippen molar-refractivity contribution in [2.24, 2.45) is 0 Å². The molecule has 0 atom stereocenters. The van der Waals surface area contributed by atoms with Crippen LogP contribution in [0, 0.1) is 19.7 Å². The topological polar surface area (TPSA) is 34.0 Å². The molecule has 4 rings (SSSR count). The molecule has 2 heterocycles. The minimum atomic E-state index is -0.311. The van der Waals surface area contributed by atoms with Gasteiger partial charge in [0.2, 0.25) is 0 Å². The van der Waals surface area contributed by atoms with Gasteiger partial charge in [-0.05, 0) is 37.6 Å². The molecule has 0 bridgehead atoms. The third-order valence-corrected chi connectivity index (χ3v) is 5.79. The predicted octanol–water partition coefficient (Wildman–Crippen LogP) is 5.44. The second-order valence-corrected chi connectivity index (χ2v) is 8.27. The molecule has 5 heteroatoms. The fourth-order valence-electron chi connectivity index (χ4n) is 3.31. The van der Waals surface area contributed by atoms with Crippen molar-refractivity contribution in [1.29, 1.82) is 0 Å². The van der Waals surface area contributed by atoms with Crippen LogP contribution in [0.15, 0.2) is 60.7 Å². The summed E-state index contributed by atoms with van der Waals surface area (Å²) in [4.78, 5) is 14.1. The number of nitrogens with zero attached hydrogens (tertiary/aromatic N) is 1. The Morgan fingerprint density at radius 1 is 1.07 bits per heavy atom. The summed E-state index contributed by atoms with van der Waals surface area (Å²) in [5, 5.41) is 2.86. The number of hydrogen-bond donors (Lipinski definition) is 1. The Morgan fingerprint density at radius 2 is 1.82 bits per heavy atom. The largest absolute Gasteiger partial charge is 0.347 e. The van der Waals surface area contributed by atoms with Gasteiger partial charge in [0, 0.05) is 23.5 Å². The lowest BCUT2D eigenvalue weighted by molar-refractivity contribution is 0.0942. The van der Waals surface area contributed by atoms with Gasteiger partial charge in [0.15, 0.2) is 0 Å². The minimum Gasteiger partial charge on any atom is -0.347 e. The summed E-state index contributed by atoms with van der Waals surface area (Å²) < 4.78 is 17.0. The van der Waals surface area contributed by atoms with Gasteiger partial charge in [-0.25, -0.2) is 4.39 Å². The molecule has 0 aliphatic heterocycles. The zero-order valence-corrected chi connectivity index (χ0v) is 16.6. The monoisotopic (exact) mass is 392 g/mol. The average Bonchev–Trinajstić information content (AvgIpc) is 3.19. The molecule has 2 aromatic carbocycles. The molecule has 4 aromatic rings. The Morgan fingerprint density at radius 3 is 2.57 bits per heavy atom. The summed E-state index contributed by atoms with van der Waals surface area (Å²) in [5.41, 5.74) is 4.47. The van der Waals surface area contributed by atoms with E-state index >= 15 is 0 Å². The Hall–Kier alpha value is -2.92. The van der Waals surface area contributed by atoms with Gasteiger partial charge in [0.25, 0.3) is 5.91 Å². The molecule has 0 fully saturated rings. The van der Waals surface area contributed by atoms with Crippen molar-refractivity contribution < 1.29 is 9.18 Å². The molecule has 3 nitrogen and oxygen atoms in total. The first kappa shape index (κ1) is 18.4. The summed E-state index contributed by atoms with van der Waals surface area (Å²) in [6.45, 7) is 4.90. The maximum atomic E-state index is 13.8. The second-order valence-electron chi connectivity index (χ2n) is 6.98. The first-order valence-corrected chi connectivity index (χ1v) is 10.00. The van der Waals surface area contributed by atoms with Gasteiger partial charge in [-0.15, -0.1) is 11.3 Å². The molecule has 0 unspecified atom stereocenters. The number of fused-ring (bicyclic) bond motifs is 1. The van der Waals surface area contributed by atoms with Crippen molar-refractivity contribution in [3.63, 3.8) is 0 Å². The van der Waals surface area contributed by atoms with Gasteiger partial charge in [-0.3, -0.25) is 4.79 Å². The maximum absolute atomic E-state index is 13.8. The summed E-state index contributed by atoms with van der Waals surface area (Å²) in [5.74, 6) is -0.508. The van der Waals surface area contributed by atoms with E-state index in [1.54, 1.807) is 29.5 Å². The highest BCUT2D eigenvalue weighted by Crippen LogP contribution is 2.29. The van der Waals surface area contributed by atoms with E-state index in [4.69, 9.17) is 0 Å². The van der Waals surface area contributed by atoms with Crippen LogP contribution in [-0.4, -0.2) is 10.5 Å². The zero-order chi connectivity index (χ0) is 19.7. The molecular weight excluding hydrogens is 371 g/mol. The molecule has 0 aliphatic rings. The summed E-state index contributed by atoms with van der Waals surface area (Å²) >= 11 is 1.67. The van der Waals surface area contributed by atoms with Crippen molar-refractivity contribution in [1.82, 2.24) is 9.88 Å². The normalized spacial score (nSPS) is 11.1. The highest BCUT2D eigenvalue weighted by molar-refractivity contribution is 7.19. The Balaban J connectivity index is 1.64. The molecule has 142 valence electrons. The zero-order valence-electron chi connectivity index (χ0n) is 15.8.